The molecule has 0 aromatic heterocycles. The van der Waals surface area contributed by atoms with E-state index < -0.39 is 11.6 Å². The molecule has 0 bridgehead atoms. The second-order valence-corrected chi connectivity index (χ2v) is 6.65. The molecule has 0 heterocycles. The number of carbonyl (C=O) groups is 1. The number of fused-ring (bicyclic) bond motifs is 1. The number of nitrogens with one attached hydrogen (secondary N) is 2. The van der Waals surface area contributed by atoms with Gasteiger partial charge in [-0.25, -0.2) is 4.79 Å². The smallest absolute Gasteiger partial charge is 0.319 e. The number of urea groups is 1. The van der Waals surface area contributed by atoms with Crippen LogP contribution in [0.15, 0.2) is 36.4 Å². The summed E-state index contributed by atoms with van der Waals surface area (Å²) in [7, 11) is 3.13. The number of methoxy groups -OCH3 is 2. The fourth-order valence-corrected chi connectivity index (χ4v) is 3.28. The van der Waals surface area contributed by atoms with Gasteiger partial charge in [0, 0.05) is 10.7 Å². The molecule has 2 amide bonds. The molecule has 138 valence electrons. The summed E-state index contributed by atoms with van der Waals surface area (Å²) in [6.45, 7) is 0.0922. The molecule has 1 atom stereocenters. The van der Waals surface area contributed by atoms with E-state index in [4.69, 9.17) is 21.1 Å². The van der Waals surface area contributed by atoms with E-state index in [9.17, 15) is 9.90 Å². The Hall–Kier alpha value is -2.44. The van der Waals surface area contributed by atoms with Gasteiger partial charge in [0.1, 0.15) is 5.60 Å². The van der Waals surface area contributed by atoms with Crippen molar-refractivity contribution in [3.05, 3.63) is 52.5 Å². The van der Waals surface area contributed by atoms with E-state index in [1.807, 2.05) is 6.07 Å². The Morgan fingerprint density at radius 2 is 1.85 bits per heavy atom. The number of carbonyl (C=O) groups excluding carboxylic acids is 1. The summed E-state index contributed by atoms with van der Waals surface area (Å²) in [4.78, 5) is 12.1. The Bertz CT molecular complexity index is 810. The molecule has 2 aromatic carbocycles. The van der Waals surface area contributed by atoms with Crippen LogP contribution in [0.25, 0.3) is 0 Å². The van der Waals surface area contributed by atoms with E-state index in [1.165, 1.54) is 0 Å². The van der Waals surface area contributed by atoms with Crippen LogP contribution in [0.4, 0.5) is 10.5 Å². The zero-order valence-corrected chi connectivity index (χ0v) is 15.4. The molecule has 6 nitrogen and oxygen atoms in total. The lowest BCUT2D eigenvalue weighted by atomic mass is 9.95. The molecule has 3 N–H and O–H groups in total. The van der Waals surface area contributed by atoms with Crippen molar-refractivity contribution in [2.75, 3.05) is 26.1 Å². The quantitative estimate of drug-likeness (QED) is 0.748. The van der Waals surface area contributed by atoms with E-state index in [0.29, 0.717) is 35.1 Å². The van der Waals surface area contributed by atoms with Gasteiger partial charge in [-0.05, 0) is 60.4 Å². The van der Waals surface area contributed by atoms with Crippen LogP contribution < -0.4 is 20.1 Å². The van der Waals surface area contributed by atoms with Crippen LogP contribution in [0.3, 0.4) is 0 Å². The van der Waals surface area contributed by atoms with Gasteiger partial charge < -0.3 is 25.2 Å². The Morgan fingerprint density at radius 1 is 1.19 bits per heavy atom. The largest absolute Gasteiger partial charge is 0.493 e. The number of benzene rings is 2. The average molecular weight is 377 g/mol. The maximum absolute atomic E-state index is 12.1. The molecule has 26 heavy (non-hydrogen) atoms. The molecule has 1 unspecified atom stereocenters. The minimum atomic E-state index is -1.15. The molecule has 0 spiro atoms. The van der Waals surface area contributed by atoms with Crippen molar-refractivity contribution >= 4 is 23.3 Å². The maximum Gasteiger partial charge on any atom is 0.319 e. The molecule has 0 saturated carbocycles. The maximum atomic E-state index is 12.1. The van der Waals surface area contributed by atoms with Crippen LogP contribution in [0.5, 0.6) is 11.5 Å². The molecule has 0 fully saturated rings. The number of amides is 2. The molecule has 1 aliphatic carbocycles. The minimum Gasteiger partial charge on any atom is -0.493 e. The van der Waals surface area contributed by atoms with Gasteiger partial charge in [0.15, 0.2) is 11.5 Å². The van der Waals surface area contributed by atoms with Gasteiger partial charge in [-0.2, -0.15) is 0 Å². The second kappa shape index (κ2) is 7.43. The van der Waals surface area contributed by atoms with Gasteiger partial charge in [0.2, 0.25) is 0 Å². The van der Waals surface area contributed by atoms with Crippen molar-refractivity contribution < 1.29 is 19.4 Å². The first-order valence-electron chi connectivity index (χ1n) is 8.23. The second-order valence-electron chi connectivity index (χ2n) is 6.21. The summed E-state index contributed by atoms with van der Waals surface area (Å²) in [6, 6.07) is 10.1. The highest BCUT2D eigenvalue weighted by atomic mass is 35.5. The highest BCUT2D eigenvalue weighted by molar-refractivity contribution is 6.30. The third kappa shape index (κ3) is 3.71. The third-order valence-corrected chi connectivity index (χ3v) is 4.81. The fraction of sp³-hybridized carbons (Fsp3) is 0.316. The van der Waals surface area contributed by atoms with Crippen LogP contribution in [0.2, 0.25) is 5.02 Å². The number of aliphatic hydroxyl groups is 1. The average Bonchev–Trinajstić information content (AvgIpc) is 2.97. The van der Waals surface area contributed by atoms with Crippen LogP contribution >= 0.6 is 11.6 Å². The summed E-state index contributed by atoms with van der Waals surface area (Å²) in [5, 5.41) is 17.1. The number of rotatable bonds is 5. The van der Waals surface area contributed by atoms with Crippen molar-refractivity contribution in [1.82, 2.24) is 5.32 Å². The summed E-state index contributed by atoms with van der Waals surface area (Å²) < 4.78 is 10.6. The summed E-state index contributed by atoms with van der Waals surface area (Å²) in [6.07, 6.45) is 1.21. The van der Waals surface area contributed by atoms with Gasteiger partial charge in [0.05, 0.1) is 20.8 Å². The number of ether oxygens (including phenoxy) is 2. The fourth-order valence-electron chi connectivity index (χ4n) is 3.16. The Morgan fingerprint density at radius 3 is 2.50 bits per heavy atom. The number of aryl methyl sites for hydroxylation is 1. The van der Waals surface area contributed by atoms with Gasteiger partial charge >= 0.3 is 6.03 Å². The molecule has 2 aromatic rings. The molecule has 0 radical (unpaired) electrons. The lowest BCUT2D eigenvalue weighted by Gasteiger charge is -2.25. The van der Waals surface area contributed by atoms with Crippen LogP contribution in [-0.4, -0.2) is 31.9 Å². The van der Waals surface area contributed by atoms with Crippen molar-refractivity contribution in [1.29, 1.82) is 0 Å². The SMILES string of the molecule is COc1cc2c(cc1OC)C(O)(CNC(=O)Nc1ccc(Cl)cc1)CC2. The Labute approximate surface area is 157 Å². The van der Waals surface area contributed by atoms with E-state index >= 15 is 0 Å². The lowest BCUT2D eigenvalue weighted by molar-refractivity contribution is 0.0415. The zero-order chi connectivity index (χ0) is 18.7. The molecular weight excluding hydrogens is 356 g/mol. The molecule has 7 heteroatoms. The summed E-state index contributed by atoms with van der Waals surface area (Å²) in [5.41, 5.74) is 1.22. The predicted molar refractivity (Wildman–Crippen MR) is 100 cm³/mol. The predicted octanol–water partition coefficient (Wildman–Crippen LogP) is 3.31. The summed E-state index contributed by atoms with van der Waals surface area (Å²) in [5.74, 6) is 1.18. The lowest BCUT2D eigenvalue weighted by Crippen LogP contribution is -2.41. The van der Waals surface area contributed by atoms with E-state index in [0.717, 1.165) is 11.1 Å². The monoisotopic (exact) mass is 376 g/mol. The Balaban J connectivity index is 1.69. The van der Waals surface area contributed by atoms with Gasteiger partial charge in [-0.1, -0.05) is 11.6 Å². The molecule has 0 saturated heterocycles. The number of hydrogen-bond donors (Lipinski definition) is 3. The van der Waals surface area contributed by atoms with Crippen LogP contribution in [0.1, 0.15) is 17.5 Å². The summed E-state index contributed by atoms with van der Waals surface area (Å²) >= 11 is 5.83. The highest BCUT2D eigenvalue weighted by Crippen LogP contribution is 2.42. The third-order valence-electron chi connectivity index (χ3n) is 4.56. The van der Waals surface area contributed by atoms with Crippen molar-refractivity contribution in [2.45, 2.75) is 18.4 Å². The Kier molecular flexibility index (Phi) is 5.25. The number of halogens is 1. The molecule has 1 aliphatic rings. The highest BCUT2D eigenvalue weighted by Gasteiger charge is 2.38. The van der Waals surface area contributed by atoms with Gasteiger partial charge in [-0.15, -0.1) is 0 Å². The first-order chi connectivity index (χ1) is 12.4. The van der Waals surface area contributed by atoms with E-state index in [1.54, 1.807) is 44.6 Å². The minimum absolute atomic E-state index is 0.0922. The molecule has 3 rings (SSSR count). The first kappa shape index (κ1) is 18.4. The van der Waals surface area contributed by atoms with Gasteiger partial charge in [0.25, 0.3) is 0 Å². The van der Waals surface area contributed by atoms with Crippen molar-refractivity contribution in [3.63, 3.8) is 0 Å². The van der Waals surface area contributed by atoms with Gasteiger partial charge in [-0.3, -0.25) is 0 Å². The number of hydrogen-bond acceptors (Lipinski definition) is 4. The molecular formula is C19H21ClN2O4. The standard InChI is InChI=1S/C19H21ClN2O4/c1-25-16-9-12-7-8-19(24,15(12)10-17(16)26-2)11-21-18(23)22-14-5-3-13(20)4-6-14/h3-6,9-10,24H,7-8,11H2,1-2H3,(H2,21,22,23). The van der Waals surface area contributed by atoms with E-state index in [2.05, 4.69) is 10.6 Å². The van der Waals surface area contributed by atoms with Crippen molar-refractivity contribution in [2.24, 2.45) is 0 Å². The zero-order valence-electron chi connectivity index (χ0n) is 14.6. The van der Waals surface area contributed by atoms with Crippen LogP contribution in [0, 0.1) is 0 Å². The van der Waals surface area contributed by atoms with Crippen LogP contribution in [-0.2, 0) is 12.0 Å². The van der Waals surface area contributed by atoms with Crippen molar-refractivity contribution in [3.8, 4) is 11.5 Å². The normalized spacial score (nSPS) is 18.2. The van der Waals surface area contributed by atoms with E-state index in [-0.39, 0.29) is 6.54 Å². The topological polar surface area (TPSA) is 79.8 Å². The number of anilines is 1. The first-order valence-corrected chi connectivity index (χ1v) is 8.61. The molecule has 0 aliphatic heterocycles.